The van der Waals surface area contributed by atoms with Gasteiger partial charge in [-0.25, -0.2) is 11.4 Å². The second kappa shape index (κ2) is 3.89. The average molecular weight is 147 g/mol. The van der Waals surface area contributed by atoms with Crippen LogP contribution in [0, 0.1) is 0 Å². The summed E-state index contributed by atoms with van der Waals surface area (Å²) in [5.74, 6) is 1.42. The van der Waals surface area contributed by atoms with Crippen LogP contribution in [0.4, 0.5) is 0 Å². The molecule has 0 radical (unpaired) electrons. The quantitative estimate of drug-likeness (QED) is 0.295. The Balaban J connectivity index is 0.000000250. The molecule has 0 aromatic carbocycles. The normalized spacial score (nSPS) is 18.7. The van der Waals surface area contributed by atoms with E-state index in [0.29, 0.717) is 0 Å². The van der Waals surface area contributed by atoms with Crippen LogP contribution in [0.2, 0.25) is 0 Å². The van der Waals surface area contributed by atoms with Crippen molar-refractivity contribution in [2.24, 2.45) is 0 Å². The predicted octanol–water partition coefficient (Wildman–Crippen LogP) is 1.05. The molecule has 1 aliphatic heterocycles. The van der Waals surface area contributed by atoms with Gasteiger partial charge in [-0.05, 0) is 18.6 Å². The summed E-state index contributed by atoms with van der Waals surface area (Å²) >= 11 is 1.57. The second-order valence-electron chi connectivity index (χ2n) is 1.23. The van der Waals surface area contributed by atoms with Crippen LogP contribution in [-0.4, -0.2) is 11.1 Å². The molecule has 1 heterocycles. The van der Waals surface area contributed by atoms with Crippen LogP contribution in [0.25, 0.3) is 0 Å². The molecule has 0 unspecified atom stereocenters. The van der Waals surface area contributed by atoms with Crippen molar-refractivity contribution < 1.29 is 16.5 Å². The zero-order valence-electron chi connectivity index (χ0n) is 3.46. The van der Waals surface area contributed by atoms with E-state index in [1.54, 1.807) is 11.4 Å². The molecule has 0 N–H and O–H groups in total. The van der Waals surface area contributed by atoms with Gasteiger partial charge in [-0.2, -0.15) is 0 Å². The number of thiol groups is 1. The summed E-state index contributed by atoms with van der Waals surface area (Å²) in [6.45, 7) is 0. The topological polar surface area (TPSA) is 0 Å². The second-order valence-corrected chi connectivity index (χ2v) is 2.41. The van der Waals surface area contributed by atoms with Gasteiger partial charge in [-0.1, -0.05) is 5.37 Å². The molecule has 1 rings (SSSR count). The maximum absolute atomic E-state index is 2.33. The molecule has 40 valence electrons. The van der Waals surface area contributed by atoms with Crippen LogP contribution in [0.3, 0.4) is 0 Å². The fourth-order valence-electron chi connectivity index (χ4n) is 0.456. The van der Waals surface area contributed by atoms with Crippen molar-refractivity contribution in [3.63, 3.8) is 0 Å². The van der Waals surface area contributed by atoms with E-state index in [9.17, 15) is 0 Å². The monoisotopic (exact) mass is 146 g/mol. The van der Waals surface area contributed by atoms with Gasteiger partial charge in [0.1, 0.15) is 0 Å². The molecule has 0 aromatic heterocycles. The number of rotatable bonds is 0. The fraction of sp³-hybridized carbons (Fsp3) is 0.750. The van der Waals surface area contributed by atoms with Gasteiger partial charge in [-0.3, -0.25) is 0 Å². The fourth-order valence-corrected chi connectivity index (χ4v) is 1.37. The minimum absolute atomic E-state index is 0. The molecule has 0 aromatic rings. The van der Waals surface area contributed by atoms with Crippen molar-refractivity contribution in [1.29, 1.82) is 0 Å². The van der Waals surface area contributed by atoms with E-state index in [2.05, 4.69) is 5.37 Å². The molecule has 0 spiro atoms. The van der Waals surface area contributed by atoms with E-state index in [0.717, 1.165) is 0 Å². The Morgan fingerprint density at radius 3 is 2.50 bits per heavy atom. The summed E-state index contributed by atoms with van der Waals surface area (Å²) < 4.78 is 0. The molecule has 0 aliphatic carbocycles. The van der Waals surface area contributed by atoms with Crippen LogP contribution >= 0.6 is 11.4 Å². The first-order valence-corrected chi connectivity index (χ1v) is 3.13. The summed E-state index contributed by atoms with van der Waals surface area (Å²) in [5, 5.41) is 2.33. The van der Waals surface area contributed by atoms with Gasteiger partial charge in [0.2, 0.25) is 0 Å². The SMILES string of the molecule is C1=[SH]CCC1.[Ni]. The molecular formula is C4H8NiS. The molecular weight excluding hydrogens is 139 g/mol. The molecule has 0 saturated carbocycles. The third kappa shape index (κ3) is 1.99. The molecule has 0 bridgehead atoms. The van der Waals surface area contributed by atoms with E-state index in [1.165, 1.54) is 18.6 Å². The molecule has 0 amide bonds. The summed E-state index contributed by atoms with van der Waals surface area (Å²) in [5.41, 5.74) is 0. The van der Waals surface area contributed by atoms with Gasteiger partial charge in [0, 0.05) is 16.5 Å². The van der Waals surface area contributed by atoms with E-state index in [1.807, 2.05) is 0 Å². The molecule has 0 fully saturated rings. The van der Waals surface area contributed by atoms with Crippen LogP contribution in [0.15, 0.2) is 0 Å². The zero-order valence-corrected chi connectivity index (χ0v) is 5.34. The minimum Gasteiger partial charge on any atom is -0.204 e. The molecule has 1 aliphatic rings. The third-order valence-corrected chi connectivity index (χ3v) is 1.84. The maximum atomic E-state index is 2.33. The van der Waals surface area contributed by atoms with Gasteiger partial charge in [0.25, 0.3) is 0 Å². The van der Waals surface area contributed by atoms with Crippen molar-refractivity contribution in [2.75, 3.05) is 5.75 Å². The first kappa shape index (κ1) is 6.71. The standard InChI is InChI=1S/C4H8S.Ni/c1-2-4-5-3-1;/h3,5H,1-2,4H2;. The number of hydrogen-bond donors (Lipinski definition) is 1. The van der Waals surface area contributed by atoms with Crippen molar-refractivity contribution in [2.45, 2.75) is 12.8 Å². The minimum atomic E-state index is 0. The van der Waals surface area contributed by atoms with E-state index in [4.69, 9.17) is 0 Å². The number of hydrogen-bond acceptors (Lipinski definition) is 0. The molecule has 6 heavy (non-hydrogen) atoms. The van der Waals surface area contributed by atoms with Crippen molar-refractivity contribution in [1.82, 2.24) is 0 Å². The first-order valence-electron chi connectivity index (χ1n) is 1.98. The Bertz CT molecular complexity index is 45.5. The molecule has 0 atom stereocenters. The van der Waals surface area contributed by atoms with Gasteiger partial charge >= 0.3 is 0 Å². The third-order valence-electron chi connectivity index (χ3n) is 0.750. The van der Waals surface area contributed by atoms with Gasteiger partial charge < -0.3 is 0 Å². The molecule has 2 heteroatoms. The van der Waals surface area contributed by atoms with Crippen molar-refractivity contribution in [3.8, 4) is 0 Å². The van der Waals surface area contributed by atoms with Crippen LogP contribution in [-0.2, 0) is 16.5 Å². The summed E-state index contributed by atoms with van der Waals surface area (Å²) in [6.07, 6.45) is 2.79. The average Bonchev–Trinajstić information content (AvgIpc) is 1.76. The Morgan fingerprint density at radius 1 is 1.50 bits per heavy atom. The van der Waals surface area contributed by atoms with Crippen molar-refractivity contribution >= 4 is 16.7 Å². The van der Waals surface area contributed by atoms with Gasteiger partial charge in [-0.15, -0.1) is 0 Å². The Kier molecular flexibility index (Phi) is 4.35. The smallest absolute Gasteiger partial charge is 0 e. The summed E-state index contributed by atoms with van der Waals surface area (Å²) in [7, 11) is 0. The van der Waals surface area contributed by atoms with Gasteiger partial charge in [0.05, 0.1) is 0 Å². The Morgan fingerprint density at radius 2 is 2.33 bits per heavy atom. The van der Waals surface area contributed by atoms with Crippen LogP contribution < -0.4 is 0 Å². The van der Waals surface area contributed by atoms with Crippen LogP contribution in [0.5, 0.6) is 0 Å². The Labute approximate surface area is 52.2 Å². The molecule has 0 saturated heterocycles. The summed E-state index contributed by atoms with van der Waals surface area (Å²) in [4.78, 5) is 0. The van der Waals surface area contributed by atoms with Gasteiger partial charge in [0.15, 0.2) is 0 Å². The van der Waals surface area contributed by atoms with Crippen LogP contribution in [0.1, 0.15) is 12.8 Å². The Hall–Kier alpha value is 0.714. The first-order chi connectivity index (χ1) is 2.50. The summed E-state index contributed by atoms with van der Waals surface area (Å²) in [6, 6.07) is 0. The van der Waals surface area contributed by atoms with Crippen molar-refractivity contribution in [3.05, 3.63) is 0 Å². The maximum Gasteiger partial charge on any atom is 0 e. The zero-order chi connectivity index (χ0) is 3.54. The molecule has 0 nitrogen and oxygen atoms in total. The van der Waals surface area contributed by atoms with E-state index < -0.39 is 0 Å². The largest absolute Gasteiger partial charge is 0.204 e. The van der Waals surface area contributed by atoms with E-state index >= 15 is 0 Å². The van der Waals surface area contributed by atoms with E-state index in [-0.39, 0.29) is 16.5 Å². The predicted molar refractivity (Wildman–Crippen MR) is 29.2 cm³/mol.